The Balaban J connectivity index is 2.09. The van der Waals surface area contributed by atoms with Gasteiger partial charge in [0, 0.05) is 19.0 Å². The molecule has 0 radical (unpaired) electrons. The Morgan fingerprint density at radius 1 is 1.32 bits per heavy atom. The fraction of sp³-hybridized carbons (Fsp3) is 0.357. The lowest BCUT2D eigenvalue weighted by atomic mass is 10.2. The van der Waals surface area contributed by atoms with Gasteiger partial charge in [-0.05, 0) is 37.4 Å². The van der Waals surface area contributed by atoms with Crippen molar-refractivity contribution in [1.29, 1.82) is 0 Å². The van der Waals surface area contributed by atoms with Gasteiger partial charge in [-0.25, -0.2) is 0 Å². The summed E-state index contributed by atoms with van der Waals surface area (Å²) in [5, 5.41) is 7.55. The molecule has 1 heterocycles. The number of hydrogen-bond donors (Lipinski definition) is 1. The Morgan fingerprint density at radius 3 is 2.58 bits per heavy atom. The lowest BCUT2D eigenvalue weighted by molar-refractivity contribution is 0.306. The van der Waals surface area contributed by atoms with E-state index in [-0.39, 0.29) is 0 Å². The lowest BCUT2D eigenvalue weighted by Gasteiger charge is -2.08. The summed E-state index contributed by atoms with van der Waals surface area (Å²) in [6.07, 6.45) is 2.06. The van der Waals surface area contributed by atoms with E-state index in [9.17, 15) is 0 Å². The predicted octanol–water partition coefficient (Wildman–Crippen LogP) is 3.07. The van der Waals surface area contributed by atoms with Gasteiger partial charge in [-0.3, -0.25) is 4.68 Å². The van der Waals surface area contributed by atoms with Gasteiger partial charge in [0.1, 0.15) is 18.2 Å². The van der Waals surface area contributed by atoms with Crippen LogP contribution >= 0.6 is 11.8 Å². The molecule has 0 bridgehead atoms. The maximum Gasteiger partial charge on any atom is 0.130 e. The van der Waals surface area contributed by atoms with Crippen LogP contribution in [0.25, 0.3) is 0 Å². The molecule has 2 rings (SSSR count). The van der Waals surface area contributed by atoms with Gasteiger partial charge >= 0.3 is 0 Å². The number of benzene rings is 1. The number of ether oxygens (including phenoxy) is 1. The van der Waals surface area contributed by atoms with E-state index in [1.165, 1.54) is 4.90 Å². The van der Waals surface area contributed by atoms with E-state index >= 15 is 0 Å². The minimum Gasteiger partial charge on any atom is -0.489 e. The maximum absolute atomic E-state index is 5.83. The molecule has 0 amide bonds. The minimum atomic E-state index is 0.522. The fourth-order valence-corrected chi connectivity index (χ4v) is 2.42. The summed E-state index contributed by atoms with van der Waals surface area (Å²) in [6, 6.07) is 8.12. The molecule has 0 fully saturated rings. The molecular weight excluding hydrogens is 258 g/mol. The largest absolute Gasteiger partial charge is 0.489 e. The average molecular weight is 277 g/mol. The fourth-order valence-electron chi connectivity index (χ4n) is 2.01. The lowest BCUT2D eigenvalue weighted by Crippen LogP contribution is -2.03. The third-order valence-electron chi connectivity index (χ3n) is 3.03. The van der Waals surface area contributed by atoms with E-state index < -0.39 is 0 Å². The zero-order valence-electron chi connectivity index (χ0n) is 11.7. The van der Waals surface area contributed by atoms with Gasteiger partial charge in [-0.2, -0.15) is 5.10 Å². The number of rotatable bonds is 5. The highest BCUT2D eigenvalue weighted by Gasteiger charge is 2.12. The van der Waals surface area contributed by atoms with Crippen LogP contribution in [0.3, 0.4) is 0 Å². The Morgan fingerprint density at radius 2 is 2.00 bits per heavy atom. The highest BCUT2D eigenvalue weighted by atomic mass is 32.2. The zero-order chi connectivity index (χ0) is 13.8. The first-order chi connectivity index (χ1) is 9.15. The van der Waals surface area contributed by atoms with Crippen molar-refractivity contribution in [1.82, 2.24) is 9.78 Å². The van der Waals surface area contributed by atoms with Crippen molar-refractivity contribution in [3.63, 3.8) is 0 Å². The molecule has 0 aliphatic heterocycles. The Hall–Kier alpha value is -1.62. The van der Waals surface area contributed by atoms with Crippen molar-refractivity contribution in [3.05, 3.63) is 35.5 Å². The first-order valence-corrected chi connectivity index (χ1v) is 7.35. The molecule has 0 unspecified atom stereocenters. The second kappa shape index (κ2) is 6.02. The topological polar surface area (TPSA) is 39.1 Å². The molecule has 5 heteroatoms. The number of nitrogens with zero attached hydrogens (tertiary/aromatic N) is 2. The van der Waals surface area contributed by atoms with Gasteiger partial charge in [0.15, 0.2) is 0 Å². The normalized spacial score (nSPS) is 10.5. The maximum atomic E-state index is 5.83. The highest BCUT2D eigenvalue weighted by Crippen LogP contribution is 2.23. The van der Waals surface area contributed by atoms with Gasteiger partial charge in [-0.15, -0.1) is 11.8 Å². The van der Waals surface area contributed by atoms with E-state index in [0.717, 1.165) is 22.8 Å². The van der Waals surface area contributed by atoms with E-state index in [2.05, 4.69) is 28.8 Å². The summed E-state index contributed by atoms with van der Waals surface area (Å²) < 4.78 is 7.66. The van der Waals surface area contributed by atoms with Crippen LogP contribution in [0, 0.1) is 6.92 Å². The molecule has 0 aliphatic carbocycles. The molecule has 1 N–H and O–H groups in total. The van der Waals surface area contributed by atoms with Gasteiger partial charge in [0.05, 0.1) is 11.3 Å². The summed E-state index contributed by atoms with van der Waals surface area (Å²) in [6.45, 7) is 2.52. The van der Waals surface area contributed by atoms with Crippen LogP contribution < -0.4 is 10.1 Å². The third-order valence-corrected chi connectivity index (χ3v) is 3.77. The van der Waals surface area contributed by atoms with Crippen LogP contribution in [0.2, 0.25) is 0 Å². The van der Waals surface area contributed by atoms with E-state index in [0.29, 0.717) is 6.61 Å². The number of aryl methyl sites for hydroxylation is 2. The molecule has 1 aromatic heterocycles. The number of anilines is 1. The smallest absolute Gasteiger partial charge is 0.130 e. The second-order valence-electron chi connectivity index (χ2n) is 4.25. The molecule has 4 nitrogen and oxygen atoms in total. The molecule has 19 heavy (non-hydrogen) atoms. The SMILES string of the molecule is CNc1c(COc2ccc(SC)cc2)c(C)nn1C. The van der Waals surface area contributed by atoms with Gasteiger partial charge in [-0.1, -0.05) is 0 Å². The molecule has 1 aromatic carbocycles. The molecular formula is C14H19N3OS. The van der Waals surface area contributed by atoms with Crippen LogP contribution in [0.1, 0.15) is 11.3 Å². The Labute approximate surface area is 118 Å². The minimum absolute atomic E-state index is 0.522. The number of thioether (sulfide) groups is 1. The molecule has 102 valence electrons. The van der Waals surface area contributed by atoms with Crippen LogP contribution in [0.4, 0.5) is 5.82 Å². The van der Waals surface area contributed by atoms with Crippen molar-refractivity contribution in [2.45, 2.75) is 18.4 Å². The van der Waals surface area contributed by atoms with Gasteiger partial charge in [0.2, 0.25) is 0 Å². The molecule has 0 saturated heterocycles. The van der Waals surface area contributed by atoms with Crippen molar-refractivity contribution in [2.24, 2.45) is 7.05 Å². The number of hydrogen-bond acceptors (Lipinski definition) is 4. The standard InChI is InChI=1S/C14H19N3OS/c1-10-13(14(15-2)17(3)16-10)9-18-11-5-7-12(19-4)8-6-11/h5-8,15H,9H2,1-4H3. The quantitative estimate of drug-likeness (QED) is 0.853. The zero-order valence-corrected chi connectivity index (χ0v) is 12.5. The summed E-state index contributed by atoms with van der Waals surface area (Å²) >= 11 is 1.72. The summed E-state index contributed by atoms with van der Waals surface area (Å²) in [4.78, 5) is 1.24. The van der Waals surface area contributed by atoms with E-state index in [4.69, 9.17) is 4.74 Å². The van der Waals surface area contributed by atoms with E-state index in [1.807, 2.05) is 37.8 Å². The van der Waals surface area contributed by atoms with Crippen molar-refractivity contribution < 1.29 is 4.74 Å². The molecule has 2 aromatic rings. The number of aromatic nitrogens is 2. The summed E-state index contributed by atoms with van der Waals surface area (Å²) in [5.74, 6) is 1.88. The molecule has 0 spiro atoms. The van der Waals surface area contributed by atoms with Crippen molar-refractivity contribution in [2.75, 3.05) is 18.6 Å². The van der Waals surface area contributed by atoms with Crippen LogP contribution in [0.15, 0.2) is 29.2 Å². The summed E-state index contributed by atoms with van der Waals surface area (Å²) in [7, 11) is 3.82. The van der Waals surface area contributed by atoms with Crippen LogP contribution in [-0.2, 0) is 13.7 Å². The van der Waals surface area contributed by atoms with Gasteiger partial charge in [0.25, 0.3) is 0 Å². The predicted molar refractivity (Wildman–Crippen MR) is 80.0 cm³/mol. The summed E-state index contributed by atoms with van der Waals surface area (Å²) in [5.41, 5.74) is 2.09. The average Bonchev–Trinajstić information content (AvgIpc) is 2.70. The first-order valence-electron chi connectivity index (χ1n) is 6.12. The molecule has 0 saturated carbocycles. The Bertz CT molecular complexity index is 549. The second-order valence-corrected chi connectivity index (χ2v) is 5.13. The molecule has 0 aliphatic rings. The Kier molecular flexibility index (Phi) is 4.37. The third kappa shape index (κ3) is 3.04. The monoisotopic (exact) mass is 277 g/mol. The first kappa shape index (κ1) is 13.8. The van der Waals surface area contributed by atoms with Crippen molar-refractivity contribution in [3.8, 4) is 5.75 Å². The number of nitrogens with one attached hydrogen (secondary N) is 1. The highest BCUT2D eigenvalue weighted by molar-refractivity contribution is 7.98. The van der Waals surface area contributed by atoms with Crippen LogP contribution in [0.5, 0.6) is 5.75 Å². The van der Waals surface area contributed by atoms with Crippen LogP contribution in [-0.4, -0.2) is 23.1 Å². The van der Waals surface area contributed by atoms with E-state index in [1.54, 1.807) is 11.8 Å². The van der Waals surface area contributed by atoms with Crippen molar-refractivity contribution >= 4 is 17.6 Å². The molecule has 0 atom stereocenters. The van der Waals surface area contributed by atoms with Gasteiger partial charge < -0.3 is 10.1 Å².